The highest BCUT2D eigenvalue weighted by molar-refractivity contribution is 5.95. The van der Waals surface area contributed by atoms with E-state index in [1.807, 2.05) is 0 Å². The van der Waals surface area contributed by atoms with Gasteiger partial charge in [0.05, 0.1) is 6.20 Å². The molecule has 0 aliphatic rings. The zero-order valence-electron chi connectivity index (χ0n) is 8.08. The standard InChI is InChI=1S/C11H8FN3/c1-2-3-7-4-9(12)5-8-6-14-15-11(13)10(7)8/h4-6H,1H3,(H2,13,15). The molecule has 1 heterocycles. The van der Waals surface area contributed by atoms with Crippen LogP contribution < -0.4 is 5.73 Å². The molecule has 0 bridgehead atoms. The first-order valence-electron chi connectivity index (χ1n) is 4.35. The van der Waals surface area contributed by atoms with E-state index in [0.717, 1.165) is 0 Å². The second-order valence-electron chi connectivity index (χ2n) is 3.02. The third-order valence-corrected chi connectivity index (χ3v) is 2.01. The van der Waals surface area contributed by atoms with Gasteiger partial charge in [0.15, 0.2) is 5.82 Å². The number of hydrogen-bond acceptors (Lipinski definition) is 3. The van der Waals surface area contributed by atoms with E-state index in [9.17, 15) is 4.39 Å². The topological polar surface area (TPSA) is 51.8 Å². The van der Waals surface area contributed by atoms with Crippen LogP contribution in [0.5, 0.6) is 0 Å². The molecule has 3 nitrogen and oxygen atoms in total. The predicted octanol–water partition coefficient (Wildman–Crippen LogP) is 1.72. The van der Waals surface area contributed by atoms with Crippen molar-refractivity contribution < 1.29 is 4.39 Å². The van der Waals surface area contributed by atoms with Crippen LogP contribution in [0, 0.1) is 17.7 Å². The molecular weight excluding hydrogens is 193 g/mol. The number of nitrogens with zero attached hydrogens (tertiary/aromatic N) is 2. The highest BCUT2D eigenvalue weighted by Crippen LogP contribution is 2.22. The van der Waals surface area contributed by atoms with Crippen LogP contribution in [0.25, 0.3) is 10.8 Å². The Hall–Kier alpha value is -2.15. The van der Waals surface area contributed by atoms with E-state index >= 15 is 0 Å². The van der Waals surface area contributed by atoms with Crippen molar-refractivity contribution in [3.63, 3.8) is 0 Å². The number of fused-ring (bicyclic) bond motifs is 1. The molecule has 0 fully saturated rings. The zero-order chi connectivity index (χ0) is 10.8. The smallest absolute Gasteiger partial charge is 0.155 e. The van der Waals surface area contributed by atoms with E-state index in [4.69, 9.17) is 5.73 Å². The molecule has 0 atom stereocenters. The molecule has 74 valence electrons. The van der Waals surface area contributed by atoms with Gasteiger partial charge >= 0.3 is 0 Å². The molecule has 0 aliphatic heterocycles. The third kappa shape index (κ3) is 1.59. The first-order valence-corrected chi connectivity index (χ1v) is 4.35. The molecule has 0 spiro atoms. The molecule has 0 amide bonds. The lowest BCUT2D eigenvalue weighted by Gasteiger charge is -2.02. The van der Waals surface area contributed by atoms with Crippen molar-refractivity contribution in [1.29, 1.82) is 0 Å². The van der Waals surface area contributed by atoms with Crippen LogP contribution in [0.1, 0.15) is 12.5 Å². The van der Waals surface area contributed by atoms with Gasteiger partial charge in [0.1, 0.15) is 5.82 Å². The minimum Gasteiger partial charge on any atom is -0.382 e. The summed E-state index contributed by atoms with van der Waals surface area (Å²) >= 11 is 0. The number of rotatable bonds is 0. The summed E-state index contributed by atoms with van der Waals surface area (Å²) in [7, 11) is 0. The van der Waals surface area contributed by atoms with Gasteiger partial charge < -0.3 is 5.73 Å². The van der Waals surface area contributed by atoms with Gasteiger partial charge in [0.2, 0.25) is 0 Å². The summed E-state index contributed by atoms with van der Waals surface area (Å²) in [5.74, 6) is 5.42. The fourth-order valence-corrected chi connectivity index (χ4v) is 1.45. The summed E-state index contributed by atoms with van der Waals surface area (Å²) in [4.78, 5) is 0. The first kappa shape index (κ1) is 9.41. The van der Waals surface area contributed by atoms with Crippen molar-refractivity contribution in [1.82, 2.24) is 10.2 Å². The van der Waals surface area contributed by atoms with Gasteiger partial charge in [0.25, 0.3) is 0 Å². The van der Waals surface area contributed by atoms with Crippen molar-refractivity contribution in [3.05, 3.63) is 29.7 Å². The van der Waals surface area contributed by atoms with E-state index in [2.05, 4.69) is 22.0 Å². The van der Waals surface area contributed by atoms with Crippen LogP contribution in [0.2, 0.25) is 0 Å². The quantitative estimate of drug-likeness (QED) is 0.660. The number of nitrogens with two attached hydrogens (primary N) is 1. The normalized spacial score (nSPS) is 9.73. The Bertz CT molecular complexity index is 581. The van der Waals surface area contributed by atoms with E-state index in [1.165, 1.54) is 18.3 Å². The zero-order valence-corrected chi connectivity index (χ0v) is 8.08. The molecule has 0 saturated heterocycles. The Morgan fingerprint density at radius 3 is 2.93 bits per heavy atom. The van der Waals surface area contributed by atoms with E-state index in [0.29, 0.717) is 16.3 Å². The summed E-state index contributed by atoms with van der Waals surface area (Å²) in [5, 5.41) is 8.65. The fourth-order valence-electron chi connectivity index (χ4n) is 1.45. The Labute approximate surface area is 86.1 Å². The maximum absolute atomic E-state index is 13.2. The average Bonchev–Trinajstić information content (AvgIpc) is 2.17. The van der Waals surface area contributed by atoms with Crippen molar-refractivity contribution in [2.24, 2.45) is 0 Å². The van der Waals surface area contributed by atoms with Crippen LogP contribution in [0.4, 0.5) is 10.2 Å². The number of benzene rings is 1. The number of hydrogen-bond donors (Lipinski definition) is 1. The summed E-state index contributed by atoms with van der Waals surface area (Å²) < 4.78 is 13.2. The molecule has 0 radical (unpaired) electrons. The third-order valence-electron chi connectivity index (χ3n) is 2.01. The van der Waals surface area contributed by atoms with Crippen molar-refractivity contribution in [2.75, 3.05) is 5.73 Å². The molecule has 1 aromatic carbocycles. The monoisotopic (exact) mass is 201 g/mol. The molecule has 2 aromatic rings. The average molecular weight is 201 g/mol. The van der Waals surface area contributed by atoms with E-state index in [1.54, 1.807) is 6.92 Å². The summed E-state index contributed by atoms with van der Waals surface area (Å²) in [6, 6.07) is 2.71. The fraction of sp³-hybridized carbons (Fsp3) is 0.0909. The summed E-state index contributed by atoms with van der Waals surface area (Å²) in [6.07, 6.45) is 1.47. The Kier molecular flexibility index (Phi) is 2.22. The minimum absolute atomic E-state index is 0.269. The molecule has 0 aliphatic carbocycles. The van der Waals surface area contributed by atoms with Crippen LogP contribution in [-0.2, 0) is 0 Å². The highest BCUT2D eigenvalue weighted by atomic mass is 19.1. The van der Waals surface area contributed by atoms with Gasteiger partial charge in [-0.2, -0.15) is 5.10 Å². The molecule has 15 heavy (non-hydrogen) atoms. The van der Waals surface area contributed by atoms with Gasteiger partial charge in [-0.25, -0.2) is 4.39 Å². The molecule has 2 rings (SSSR count). The Morgan fingerprint density at radius 2 is 2.20 bits per heavy atom. The molecule has 0 unspecified atom stereocenters. The van der Waals surface area contributed by atoms with Gasteiger partial charge in [-0.05, 0) is 19.1 Å². The number of aromatic nitrogens is 2. The van der Waals surface area contributed by atoms with E-state index < -0.39 is 0 Å². The predicted molar refractivity (Wildman–Crippen MR) is 56.5 cm³/mol. The van der Waals surface area contributed by atoms with Gasteiger partial charge in [-0.15, -0.1) is 11.0 Å². The number of anilines is 1. The maximum atomic E-state index is 13.2. The molecule has 1 aromatic heterocycles. The summed E-state index contributed by atoms with van der Waals surface area (Å²) in [5.41, 5.74) is 6.22. The molecule has 0 saturated carbocycles. The van der Waals surface area contributed by atoms with Crippen LogP contribution in [0.3, 0.4) is 0 Å². The lowest BCUT2D eigenvalue weighted by molar-refractivity contribution is 0.629. The second kappa shape index (κ2) is 3.54. The van der Waals surface area contributed by atoms with Crippen molar-refractivity contribution in [3.8, 4) is 11.8 Å². The number of halogens is 1. The Morgan fingerprint density at radius 1 is 1.40 bits per heavy atom. The van der Waals surface area contributed by atoms with Crippen LogP contribution in [0.15, 0.2) is 18.3 Å². The van der Waals surface area contributed by atoms with Crippen LogP contribution >= 0.6 is 0 Å². The lowest BCUT2D eigenvalue weighted by atomic mass is 10.1. The Balaban J connectivity index is 2.92. The van der Waals surface area contributed by atoms with E-state index in [-0.39, 0.29) is 11.6 Å². The van der Waals surface area contributed by atoms with Gasteiger partial charge in [0, 0.05) is 16.3 Å². The molecule has 2 N–H and O–H groups in total. The van der Waals surface area contributed by atoms with Gasteiger partial charge in [-0.3, -0.25) is 0 Å². The molecule has 4 heteroatoms. The highest BCUT2D eigenvalue weighted by Gasteiger charge is 2.06. The van der Waals surface area contributed by atoms with Crippen molar-refractivity contribution >= 4 is 16.6 Å². The number of nitrogen functional groups attached to an aromatic ring is 1. The lowest BCUT2D eigenvalue weighted by Crippen LogP contribution is -1.96. The van der Waals surface area contributed by atoms with Crippen LogP contribution in [-0.4, -0.2) is 10.2 Å². The second-order valence-corrected chi connectivity index (χ2v) is 3.02. The first-order chi connectivity index (χ1) is 7.22. The van der Waals surface area contributed by atoms with Gasteiger partial charge in [-0.1, -0.05) is 5.92 Å². The minimum atomic E-state index is -0.354. The maximum Gasteiger partial charge on any atom is 0.155 e. The SMILES string of the molecule is CC#Cc1cc(F)cc2cnnc(N)c12. The molecular formula is C11H8FN3. The largest absolute Gasteiger partial charge is 0.382 e. The van der Waals surface area contributed by atoms with Crippen molar-refractivity contribution in [2.45, 2.75) is 6.92 Å². The summed E-state index contributed by atoms with van der Waals surface area (Å²) in [6.45, 7) is 1.68.